The average Bonchev–Trinajstić information content (AvgIpc) is 3.41. The van der Waals surface area contributed by atoms with Gasteiger partial charge >= 0.3 is 6.18 Å². The van der Waals surface area contributed by atoms with Gasteiger partial charge in [-0.2, -0.15) is 18.4 Å². The van der Waals surface area contributed by atoms with Gasteiger partial charge in [0.1, 0.15) is 17.1 Å². The number of aromatic nitrogens is 1. The summed E-state index contributed by atoms with van der Waals surface area (Å²) in [6.45, 7) is 3.41. The number of benzene rings is 1. The van der Waals surface area contributed by atoms with Crippen molar-refractivity contribution in [2.45, 2.75) is 50.7 Å². The maximum absolute atomic E-state index is 14.2. The first-order valence-corrected chi connectivity index (χ1v) is 11.0. The zero-order valence-electron chi connectivity index (χ0n) is 18.3. The Labute approximate surface area is 207 Å². The predicted molar refractivity (Wildman–Crippen MR) is 118 cm³/mol. The topological polar surface area (TPSA) is 90.6 Å². The van der Waals surface area contributed by atoms with E-state index in [9.17, 15) is 22.4 Å². The summed E-state index contributed by atoms with van der Waals surface area (Å²) in [5.74, 6) is -1.58. The second-order valence-electron chi connectivity index (χ2n) is 8.74. The van der Waals surface area contributed by atoms with Gasteiger partial charge in [0.15, 0.2) is 5.82 Å². The number of amidine groups is 1. The Morgan fingerprint density at radius 3 is 2.43 bits per heavy atom. The van der Waals surface area contributed by atoms with E-state index in [0.717, 1.165) is 12.1 Å². The summed E-state index contributed by atoms with van der Waals surface area (Å²) in [6.07, 6.45) is -4.16. The summed E-state index contributed by atoms with van der Waals surface area (Å²) < 4.78 is 56.5. The van der Waals surface area contributed by atoms with Crippen LogP contribution in [0.25, 0.3) is 0 Å². The van der Waals surface area contributed by atoms with Crippen molar-refractivity contribution in [1.29, 1.82) is 5.26 Å². The molecule has 0 bridgehead atoms. The number of pyridine rings is 1. The highest BCUT2D eigenvalue weighted by Gasteiger charge is 2.63. The van der Waals surface area contributed by atoms with E-state index in [2.05, 4.69) is 15.5 Å². The lowest BCUT2D eigenvalue weighted by molar-refractivity contribution is -0.275. The number of rotatable bonds is 3. The van der Waals surface area contributed by atoms with E-state index in [1.54, 1.807) is 4.90 Å². The number of amides is 1. The lowest BCUT2D eigenvalue weighted by atomic mass is 9.89. The molecule has 4 rings (SSSR count). The molecule has 1 atom stereocenters. The molecular weight excluding hydrogens is 513 g/mol. The molecule has 1 aromatic heterocycles. The molecule has 184 valence electrons. The minimum absolute atomic E-state index is 0.00621. The van der Waals surface area contributed by atoms with Crippen LogP contribution in [0.5, 0.6) is 0 Å². The van der Waals surface area contributed by atoms with Gasteiger partial charge in [-0.05, 0) is 43.2 Å². The molecule has 0 saturated heterocycles. The maximum atomic E-state index is 14.2. The van der Waals surface area contributed by atoms with Crippen LogP contribution in [0.4, 0.5) is 17.6 Å². The van der Waals surface area contributed by atoms with Gasteiger partial charge in [0.2, 0.25) is 0 Å². The highest BCUT2D eigenvalue weighted by molar-refractivity contribution is 6.35. The number of halogens is 6. The van der Waals surface area contributed by atoms with Crippen molar-refractivity contribution in [3.05, 3.63) is 62.6 Å². The fourth-order valence-electron chi connectivity index (χ4n) is 3.81. The number of nitrogens with one attached hydrogen (secondary N) is 1. The molecule has 2 aliphatic rings. The summed E-state index contributed by atoms with van der Waals surface area (Å²) in [5, 5.41) is 14.2. The van der Waals surface area contributed by atoms with Crippen LogP contribution >= 0.6 is 23.2 Å². The normalized spacial score (nSPS) is 19.6. The second-order valence-corrected chi connectivity index (χ2v) is 9.55. The summed E-state index contributed by atoms with van der Waals surface area (Å²) in [4.78, 5) is 23.1. The number of hydrogen-bond acceptors (Lipinski definition) is 6. The quantitative estimate of drug-likeness (QED) is 0.443. The smallest absolute Gasteiger partial charge is 0.372 e. The third kappa shape index (κ3) is 4.48. The summed E-state index contributed by atoms with van der Waals surface area (Å²) in [5.41, 5.74) is -3.05. The van der Waals surface area contributed by atoms with Crippen molar-refractivity contribution in [3.63, 3.8) is 0 Å². The van der Waals surface area contributed by atoms with Gasteiger partial charge < -0.3 is 15.1 Å². The van der Waals surface area contributed by atoms with E-state index in [0.29, 0.717) is 11.1 Å². The standard InChI is InChI=1S/C22H17Cl2F4N5O2/c1-20(2,10-29)31-19(34)16-3-11-8-33(9-12(11)7-30-16)17-6-21(35-32-17,22(26,27)28)13-4-14(23)18(25)15(24)5-13/h3-5,7H,6,8-9H2,1-2H3,(H,31,34). The zero-order valence-corrected chi connectivity index (χ0v) is 19.8. The number of carbonyl (C=O) groups is 1. The maximum Gasteiger partial charge on any atom is 0.435 e. The second kappa shape index (κ2) is 8.53. The fraction of sp³-hybridized carbons (Fsp3) is 0.364. The molecule has 35 heavy (non-hydrogen) atoms. The third-order valence-corrected chi connectivity index (χ3v) is 6.28. The van der Waals surface area contributed by atoms with E-state index in [1.807, 2.05) is 6.07 Å². The Morgan fingerprint density at radius 2 is 1.83 bits per heavy atom. The number of fused-ring (bicyclic) bond motifs is 1. The van der Waals surface area contributed by atoms with Crippen molar-refractivity contribution in [2.24, 2.45) is 5.16 Å². The molecule has 0 radical (unpaired) electrons. The summed E-state index contributed by atoms with van der Waals surface area (Å²) in [6, 6.07) is 5.12. The van der Waals surface area contributed by atoms with E-state index < -0.39 is 51.1 Å². The molecule has 2 aliphatic heterocycles. The molecule has 0 aliphatic carbocycles. The SMILES string of the molecule is CC(C)(C#N)NC(=O)c1cc2c(cn1)CN(C1=NOC(c3cc(Cl)c(F)c(Cl)c3)(C(F)(F)F)C1)C2. The summed E-state index contributed by atoms with van der Waals surface area (Å²) >= 11 is 11.5. The van der Waals surface area contributed by atoms with Crippen molar-refractivity contribution in [1.82, 2.24) is 15.2 Å². The third-order valence-electron chi connectivity index (χ3n) is 5.73. The first-order chi connectivity index (χ1) is 16.3. The van der Waals surface area contributed by atoms with Crippen LogP contribution in [0.15, 0.2) is 29.6 Å². The van der Waals surface area contributed by atoms with Crippen LogP contribution in [0, 0.1) is 17.1 Å². The molecule has 1 unspecified atom stereocenters. The van der Waals surface area contributed by atoms with Crippen molar-refractivity contribution < 1.29 is 27.2 Å². The summed E-state index contributed by atoms with van der Waals surface area (Å²) in [7, 11) is 0. The Balaban J connectivity index is 1.57. The molecule has 2 aromatic rings. The molecule has 1 aromatic carbocycles. The van der Waals surface area contributed by atoms with Crippen LogP contribution in [-0.4, -0.2) is 33.3 Å². The van der Waals surface area contributed by atoms with Crippen molar-refractivity contribution >= 4 is 34.9 Å². The Bertz CT molecular complexity index is 1270. The fourth-order valence-corrected chi connectivity index (χ4v) is 4.30. The molecule has 1 amide bonds. The lowest BCUT2D eigenvalue weighted by Gasteiger charge is -2.30. The lowest BCUT2D eigenvalue weighted by Crippen LogP contribution is -2.44. The molecule has 3 heterocycles. The van der Waals surface area contributed by atoms with Crippen molar-refractivity contribution in [2.75, 3.05) is 0 Å². The minimum Gasteiger partial charge on any atom is -0.372 e. The molecule has 0 spiro atoms. The number of hydrogen-bond donors (Lipinski definition) is 1. The largest absolute Gasteiger partial charge is 0.435 e. The van der Waals surface area contributed by atoms with E-state index >= 15 is 0 Å². The van der Waals surface area contributed by atoms with E-state index in [4.69, 9.17) is 33.3 Å². The molecule has 1 N–H and O–H groups in total. The highest BCUT2D eigenvalue weighted by atomic mass is 35.5. The monoisotopic (exact) mass is 529 g/mol. The number of nitriles is 1. The highest BCUT2D eigenvalue weighted by Crippen LogP contribution is 2.50. The minimum atomic E-state index is -4.92. The van der Waals surface area contributed by atoms with Crippen LogP contribution in [0.1, 0.15) is 47.4 Å². The molecular formula is C22H17Cl2F4N5O2. The molecule has 13 heteroatoms. The molecule has 7 nitrogen and oxygen atoms in total. The Kier molecular flexibility index (Phi) is 6.10. The number of nitrogens with zero attached hydrogens (tertiary/aromatic N) is 4. The van der Waals surface area contributed by atoms with Gasteiger partial charge in [-0.1, -0.05) is 28.4 Å². The van der Waals surface area contributed by atoms with Crippen LogP contribution in [0.2, 0.25) is 10.0 Å². The molecule has 0 saturated carbocycles. The first kappa shape index (κ1) is 25.0. The Morgan fingerprint density at radius 1 is 1.20 bits per heavy atom. The molecule has 0 fully saturated rings. The van der Waals surface area contributed by atoms with Crippen molar-refractivity contribution in [3.8, 4) is 6.07 Å². The predicted octanol–water partition coefficient (Wildman–Crippen LogP) is 5.07. The van der Waals surface area contributed by atoms with Crippen LogP contribution in [-0.2, 0) is 23.5 Å². The number of carbonyl (C=O) groups excluding carboxylic acids is 1. The van der Waals surface area contributed by atoms with Gasteiger partial charge in [-0.15, -0.1) is 0 Å². The van der Waals surface area contributed by atoms with Gasteiger partial charge in [0, 0.05) is 24.8 Å². The van der Waals surface area contributed by atoms with Crippen LogP contribution in [0.3, 0.4) is 0 Å². The van der Waals surface area contributed by atoms with Crippen LogP contribution < -0.4 is 5.32 Å². The number of alkyl halides is 3. The van der Waals surface area contributed by atoms with E-state index in [-0.39, 0.29) is 24.6 Å². The van der Waals surface area contributed by atoms with Gasteiger partial charge in [0.25, 0.3) is 11.5 Å². The van der Waals surface area contributed by atoms with Gasteiger partial charge in [-0.25, -0.2) is 4.39 Å². The Hall–Kier alpha value is -3.10. The van der Waals surface area contributed by atoms with E-state index in [1.165, 1.54) is 26.1 Å². The zero-order chi connectivity index (χ0) is 25.8. The van der Waals surface area contributed by atoms with Gasteiger partial charge in [-0.3, -0.25) is 9.78 Å². The average molecular weight is 530 g/mol. The first-order valence-electron chi connectivity index (χ1n) is 10.2. The number of oxime groups is 1. The van der Waals surface area contributed by atoms with Gasteiger partial charge in [0.05, 0.1) is 22.5 Å².